The van der Waals surface area contributed by atoms with Gasteiger partial charge in [0.05, 0.1) is 32.0 Å². The quantitative estimate of drug-likeness (QED) is 0.0327. The third kappa shape index (κ3) is 25.5. The van der Waals surface area contributed by atoms with Crippen LogP contribution in [0.1, 0.15) is 219 Å². The SMILES string of the molecule is CCCCCCCCCCCCCCCCCCCCCC[C@@H](O)C(=O)N[C@@H](CO[C@@H]1O[C@H](CO)[C@@H](O[C@@H]2O[C@H](CO)[C@H](O)[C@H](O)[C@H]2O)[C@H](O)[C@H]1O)[C@H](O)[C@H](O)CCCCCCCCCCCC. The van der Waals surface area contributed by atoms with E-state index in [1.165, 1.54) is 135 Å². The molecule has 404 valence electrons. The highest BCUT2D eigenvalue weighted by Crippen LogP contribution is 2.30. The van der Waals surface area contributed by atoms with Crippen molar-refractivity contribution in [3.05, 3.63) is 0 Å². The van der Waals surface area contributed by atoms with Crippen LogP contribution < -0.4 is 5.32 Å². The number of hydrogen-bond donors (Lipinski definition) is 11. The molecular weight excluding hydrogens is 879 g/mol. The van der Waals surface area contributed by atoms with E-state index in [0.29, 0.717) is 12.8 Å². The molecule has 0 aromatic rings. The third-order valence-corrected chi connectivity index (χ3v) is 14.0. The maximum atomic E-state index is 13.3. The van der Waals surface area contributed by atoms with Crippen LogP contribution in [0.4, 0.5) is 0 Å². The molecule has 16 nitrogen and oxygen atoms in total. The van der Waals surface area contributed by atoms with Gasteiger partial charge in [0.1, 0.15) is 61.0 Å². The van der Waals surface area contributed by atoms with Crippen molar-refractivity contribution in [1.29, 1.82) is 0 Å². The summed E-state index contributed by atoms with van der Waals surface area (Å²) in [7, 11) is 0. The van der Waals surface area contributed by atoms with Crippen LogP contribution in [0, 0.1) is 0 Å². The molecular formula is C52H101NO15. The Hall–Kier alpha value is -1.09. The predicted octanol–water partition coefficient (Wildman–Crippen LogP) is 5.72. The summed E-state index contributed by atoms with van der Waals surface area (Å²) in [6, 6.07) is -1.27. The van der Waals surface area contributed by atoms with Gasteiger partial charge in [0.25, 0.3) is 0 Å². The van der Waals surface area contributed by atoms with E-state index in [0.717, 1.165) is 44.9 Å². The lowest BCUT2D eigenvalue weighted by Crippen LogP contribution is -2.65. The molecule has 68 heavy (non-hydrogen) atoms. The summed E-state index contributed by atoms with van der Waals surface area (Å²) in [5, 5.41) is 109. The Morgan fingerprint density at radius 3 is 1.29 bits per heavy atom. The summed E-state index contributed by atoms with van der Waals surface area (Å²) in [6.45, 7) is 2.42. The van der Waals surface area contributed by atoms with E-state index in [1.54, 1.807) is 0 Å². The highest BCUT2D eigenvalue weighted by molar-refractivity contribution is 5.80. The number of nitrogens with one attached hydrogen (secondary N) is 1. The Labute approximate surface area is 409 Å². The van der Waals surface area contributed by atoms with Gasteiger partial charge < -0.3 is 75.3 Å². The van der Waals surface area contributed by atoms with Crippen molar-refractivity contribution < 1.29 is 74.8 Å². The Kier molecular flexibility index (Phi) is 36.6. The first-order valence-electron chi connectivity index (χ1n) is 27.5. The van der Waals surface area contributed by atoms with Crippen LogP contribution >= 0.6 is 0 Å². The predicted molar refractivity (Wildman–Crippen MR) is 261 cm³/mol. The second-order valence-electron chi connectivity index (χ2n) is 20.0. The molecule has 0 aromatic carbocycles. The van der Waals surface area contributed by atoms with Gasteiger partial charge in [-0.15, -0.1) is 0 Å². The Bertz CT molecular complexity index is 1190. The van der Waals surface area contributed by atoms with Crippen molar-refractivity contribution in [3.8, 4) is 0 Å². The van der Waals surface area contributed by atoms with E-state index in [1.807, 2.05) is 0 Å². The van der Waals surface area contributed by atoms with Gasteiger partial charge >= 0.3 is 0 Å². The maximum Gasteiger partial charge on any atom is 0.249 e. The molecule has 2 rings (SSSR count). The summed E-state index contributed by atoms with van der Waals surface area (Å²) >= 11 is 0. The van der Waals surface area contributed by atoms with Crippen LogP contribution in [-0.2, 0) is 23.7 Å². The smallest absolute Gasteiger partial charge is 0.249 e. The fourth-order valence-corrected chi connectivity index (χ4v) is 9.40. The van der Waals surface area contributed by atoms with Gasteiger partial charge in [0.15, 0.2) is 12.6 Å². The number of hydrogen-bond acceptors (Lipinski definition) is 15. The average molecular weight is 980 g/mol. The lowest BCUT2D eigenvalue weighted by Gasteiger charge is -2.46. The second-order valence-corrected chi connectivity index (χ2v) is 20.0. The first-order valence-corrected chi connectivity index (χ1v) is 27.5. The van der Waals surface area contributed by atoms with Crippen LogP contribution in [0.2, 0.25) is 0 Å². The Balaban J connectivity index is 1.83. The van der Waals surface area contributed by atoms with Crippen molar-refractivity contribution in [1.82, 2.24) is 5.32 Å². The van der Waals surface area contributed by atoms with E-state index >= 15 is 0 Å². The average Bonchev–Trinajstić information content (AvgIpc) is 3.34. The minimum Gasteiger partial charge on any atom is -0.394 e. The van der Waals surface area contributed by atoms with Gasteiger partial charge in [-0.05, 0) is 12.8 Å². The molecule has 0 saturated carbocycles. The van der Waals surface area contributed by atoms with Crippen molar-refractivity contribution in [2.45, 2.75) is 305 Å². The van der Waals surface area contributed by atoms with Crippen LogP contribution in [0.15, 0.2) is 0 Å². The summed E-state index contributed by atoms with van der Waals surface area (Å²) in [5.41, 5.74) is 0. The lowest BCUT2D eigenvalue weighted by atomic mass is 9.97. The van der Waals surface area contributed by atoms with E-state index < -0.39 is 111 Å². The minimum absolute atomic E-state index is 0.209. The summed E-state index contributed by atoms with van der Waals surface area (Å²) in [4.78, 5) is 13.3. The molecule has 0 bridgehead atoms. The zero-order valence-electron chi connectivity index (χ0n) is 42.3. The Morgan fingerprint density at radius 1 is 0.485 bits per heavy atom. The van der Waals surface area contributed by atoms with E-state index in [-0.39, 0.29) is 12.8 Å². The van der Waals surface area contributed by atoms with Crippen molar-refractivity contribution in [3.63, 3.8) is 0 Å². The van der Waals surface area contributed by atoms with Crippen LogP contribution in [0.5, 0.6) is 0 Å². The molecule has 14 atom stereocenters. The highest BCUT2D eigenvalue weighted by Gasteiger charge is 2.51. The van der Waals surface area contributed by atoms with Gasteiger partial charge in [-0.2, -0.15) is 0 Å². The molecule has 2 heterocycles. The Morgan fingerprint density at radius 2 is 0.868 bits per heavy atom. The molecule has 0 unspecified atom stereocenters. The summed E-state index contributed by atoms with van der Waals surface area (Å²) in [6.07, 6.45) is 15.6. The fraction of sp³-hybridized carbons (Fsp3) is 0.981. The van der Waals surface area contributed by atoms with Crippen LogP contribution in [0.3, 0.4) is 0 Å². The standard InChI is InChI=1S/C52H101NO15/c1-3-5-7-9-11-13-15-16-17-18-19-20-21-22-23-24-26-28-30-32-34-40(57)50(64)53-38(43(58)39(56)33-31-29-27-25-14-12-10-8-6-4-2)37-65-51-48(63)46(61)49(42(36-55)67-51)68-52-47(62)45(60)44(59)41(35-54)66-52/h38-49,51-52,54-63H,3-37H2,1-2H3,(H,53,64)/t38-,39+,40+,41+,42+,43-,44-,45-,46+,47+,48+,49+,51+,52-/m0/s1. The molecule has 2 fully saturated rings. The van der Waals surface area contributed by atoms with Gasteiger partial charge in [-0.1, -0.05) is 206 Å². The van der Waals surface area contributed by atoms with Gasteiger partial charge in [0, 0.05) is 0 Å². The van der Waals surface area contributed by atoms with Crippen molar-refractivity contribution in [2.24, 2.45) is 0 Å². The monoisotopic (exact) mass is 980 g/mol. The molecule has 2 saturated heterocycles. The van der Waals surface area contributed by atoms with Crippen LogP contribution in [0.25, 0.3) is 0 Å². The minimum atomic E-state index is -1.84. The van der Waals surface area contributed by atoms with Gasteiger partial charge in [0.2, 0.25) is 5.91 Å². The first kappa shape index (κ1) is 63.0. The number of ether oxygens (including phenoxy) is 4. The molecule has 11 N–H and O–H groups in total. The number of unbranched alkanes of at least 4 members (excludes halogenated alkanes) is 28. The third-order valence-electron chi connectivity index (χ3n) is 14.0. The van der Waals surface area contributed by atoms with Crippen molar-refractivity contribution in [2.75, 3.05) is 19.8 Å². The van der Waals surface area contributed by atoms with E-state index in [9.17, 15) is 55.9 Å². The summed E-state index contributed by atoms with van der Waals surface area (Å²) < 4.78 is 22.5. The van der Waals surface area contributed by atoms with Gasteiger partial charge in [-0.3, -0.25) is 4.79 Å². The molecule has 0 spiro atoms. The number of rotatable bonds is 43. The topological polar surface area (TPSA) is 268 Å². The van der Waals surface area contributed by atoms with E-state index in [2.05, 4.69) is 19.2 Å². The van der Waals surface area contributed by atoms with Crippen LogP contribution in [-0.4, -0.2) is 163 Å². The molecule has 0 radical (unpaired) electrons. The lowest BCUT2D eigenvalue weighted by molar-refractivity contribution is -0.359. The molecule has 1 amide bonds. The molecule has 0 aromatic heterocycles. The second kappa shape index (κ2) is 39.4. The summed E-state index contributed by atoms with van der Waals surface area (Å²) in [5.74, 6) is -0.757. The first-order chi connectivity index (χ1) is 32.9. The molecule has 2 aliphatic heterocycles. The van der Waals surface area contributed by atoms with Crippen molar-refractivity contribution >= 4 is 5.91 Å². The highest BCUT2D eigenvalue weighted by atomic mass is 16.7. The number of carbonyl (C=O) groups excluding carboxylic acids is 1. The maximum absolute atomic E-state index is 13.3. The normalized spacial score (nSPS) is 27.2. The zero-order valence-corrected chi connectivity index (χ0v) is 42.3. The molecule has 16 heteroatoms. The molecule has 2 aliphatic rings. The number of amides is 1. The number of aliphatic hydroxyl groups excluding tert-OH is 10. The zero-order chi connectivity index (χ0) is 49.9. The molecule has 0 aliphatic carbocycles. The largest absolute Gasteiger partial charge is 0.394 e. The van der Waals surface area contributed by atoms with Gasteiger partial charge in [-0.25, -0.2) is 0 Å². The van der Waals surface area contributed by atoms with E-state index in [4.69, 9.17) is 18.9 Å². The number of carbonyl (C=O) groups is 1. The number of aliphatic hydroxyl groups is 10. The fourth-order valence-electron chi connectivity index (χ4n) is 9.40.